The largest absolute Gasteiger partial charge is 0.497 e. The van der Waals surface area contributed by atoms with Gasteiger partial charge in [0.15, 0.2) is 0 Å². The van der Waals surface area contributed by atoms with E-state index in [0.29, 0.717) is 26.0 Å². The van der Waals surface area contributed by atoms with Crippen LogP contribution in [-0.2, 0) is 11.3 Å². The molecule has 0 saturated carbocycles. The quantitative estimate of drug-likeness (QED) is 0.692. The van der Waals surface area contributed by atoms with E-state index >= 15 is 0 Å². The molecule has 128 valence electrons. The van der Waals surface area contributed by atoms with Crippen LogP contribution in [0.5, 0.6) is 11.5 Å². The summed E-state index contributed by atoms with van der Waals surface area (Å²) in [4.78, 5) is 13.9. The molecule has 0 fully saturated rings. The maximum atomic E-state index is 12.2. The van der Waals surface area contributed by atoms with Crippen molar-refractivity contribution in [2.24, 2.45) is 0 Å². The Kier molecular flexibility index (Phi) is 6.67. The molecule has 0 aromatic heterocycles. The van der Waals surface area contributed by atoms with E-state index in [9.17, 15) is 4.79 Å². The zero-order valence-corrected chi connectivity index (χ0v) is 14.6. The Labute approximate surface area is 144 Å². The molecule has 2 aromatic rings. The molecule has 0 aliphatic rings. The van der Waals surface area contributed by atoms with Crippen LogP contribution in [0.2, 0.25) is 0 Å². The van der Waals surface area contributed by atoms with Gasteiger partial charge in [-0.1, -0.05) is 29.8 Å². The van der Waals surface area contributed by atoms with E-state index in [4.69, 9.17) is 9.47 Å². The fourth-order valence-corrected chi connectivity index (χ4v) is 2.33. The van der Waals surface area contributed by atoms with Gasteiger partial charge in [-0.2, -0.15) is 0 Å². The number of rotatable bonds is 8. The van der Waals surface area contributed by atoms with E-state index in [1.807, 2.05) is 31.3 Å². The van der Waals surface area contributed by atoms with Crippen molar-refractivity contribution in [2.45, 2.75) is 26.3 Å². The van der Waals surface area contributed by atoms with Crippen LogP contribution in [0.15, 0.2) is 48.5 Å². The minimum absolute atomic E-state index is 0.133. The summed E-state index contributed by atoms with van der Waals surface area (Å²) in [5.74, 6) is 1.72. The van der Waals surface area contributed by atoms with Gasteiger partial charge in [-0.15, -0.1) is 0 Å². The Hall–Kier alpha value is -2.49. The van der Waals surface area contributed by atoms with Crippen molar-refractivity contribution >= 4 is 5.91 Å². The molecule has 0 radical (unpaired) electrons. The molecule has 2 aromatic carbocycles. The molecule has 4 heteroatoms. The Morgan fingerprint density at radius 2 is 1.62 bits per heavy atom. The molecule has 2 rings (SSSR count). The summed E-state index contributed by atoms with van der Waals surface area (Å²) in [7, 11) is 3.47. The monoisotopic (exact) mass is 327 g/mol. The predicted octanol–water partition coefficient (Wildman–Crippen LogP) is 3.82. The van der Waals surface area contributed by atoms with Crippen LogP contribution in [0.25, 0.3) is 0 Å². The van der Waals surface area contributed by atoms with Gasteiger partial charge in [-0.05, 0) is 43.2 Å². The molecule has 0 unspecified atom stereocenters. The van der Waals surface area contributed by atoms with Gasteiger partial charge in [0.1, 0.15) is 11.5 Å². The van der Waals surface area contributed by atoms with Crippen LogP contribution in [0.1, 0.15) is 24.0 Å². The fourth-order valence-electron chi connectivity index (χ4n) is 2.33. The van der Waals surface area contributed by atoms with Crippen LogP contribution in [-0.4, -0.2) is 31.6 Å². The topological polar surface area (TPSA) is 38.8 Å². The first-order valence-corrected chi connectivity index (χ1v) is 8.15. The summed E-state index contributed by atoms with van der Waals surface area (Å²) in [6.07, 6.45) is 1.18. The van der Waals surface area contributed by atoms with E-state index in [0.717, 1.165) is 17.1 Å². The highest BCUT2D eigenvalue weighted by Gasteiger charge is 2.09. The first-order chi connectivity index (χ1) is 11.6. The molecule has 0 N–H and O–H groups in total. The van der Waals surface area contributed by atoms with Crippen molar-refractivity contribution in [3.8, 4) is 11.5 Å². The number of ether oxygens (including phenoxy) is 2. The Morgan fingerprint density at radius 3 is 2.25 bits per heavy atom. The van der Waals surface area contributed by atoms with Gasteiger partial charge in [0, 0.05) is 20.0 Å². The summed E-state index contributed by atoms with van der Waals surface area (Å²) in [6, 6.07) is 15.7. The lowest BCUT2D eigenvalue weighted by Gasteiger charge is -2.17. The summed E-state index contributed by atoms with van der Waals surface area (Å²) in [5, 5.41) is 0. The molecule has 0 heterocycles. The summed E-state index contributed by atoms with van der Waals surface area (Å²) in [6.45, 7) is 3.22. The standard InChI is InChI=1S/C20H25NO3/c1-16-6-8-17(9-7-16)15-21(2)20(22)5-4-14-24-19-12-10-18(23-3)11-13-19/h6-13H,4-5,14-15H2,1-3H3. The van der Waals surface area contributed by atoms with Gasteiger partial charge in [0.2, 0.25) is 5.91 Å². The molecule has 0 bridgehead atoms. The van der Waals surface area contributed by atoms with Crippen LogP contribution < -0.4 is 9.47 Å². The number of hydrogen-bond donors (Lipinski definition) is 0. The number of methoxy groups -OCH3 is 1. The van der Waals surface area contributed by atoms with Gasteiger partial charge in [0.05, 0.1) is 13.7 Å². The first kappa shape index (κ1) is 17.9. The lowest BCUT2D eigenvalue weighted by molar-refractivity contribution is -0.130. The summed E-state index contributed by atoms with van der Waals surface area (Å²) >= 11 is 0. The number of benzene rings is 2. The SMILES string of the molecule is COc1ccc(OCCCC(=O)N(C)Cc2ccc(C)cc2)cc1. The van der Waals surface area contributed by atoms with Gasteiger partial charge < -0.3 is 14.4 Å². The number of aryl methyl sites for hydroxylation is 1. The fraction of sp³-hybridized carbons (Fsp3) is 0.350. The third kappa shape index (κ3) is 5.61. The molecule has 24 heavy (non-hydrogen) atoms. The van der Waals surface area contributed by atoms with Crippen LogP contribution in [0, 0.1) is 6.92 Å². The predicted molar refractivity (Wildman–Crippen MR) is 95.4 cm³/mol. The van der Waals surface area contributed by atoms with Gasteiger partial charge in [-0.3, -0.25) is 4.79 Å². The number of carbonyl (C=O) groups excluding carboxylic acids is 1. The Balaban J connectivity index is 1.69. The lowest BCUT2D eigenvalue weighted by Crippen LogP contribution is -2.26. The highest BCUT2D eigenvalue weighted by atomic mass is 16.5. The van der Waals surface area contributed by atoms with Crippen LogP contribution >= 0.6 is 0 Å². The average molecular weight is 327 g/mol. The average Bonchev–Trinajstić information content (AvgIpc) is 2.61. The second-order valence-corrected chi connectivity index (χ2v) is 5.86. The zero-order valence-electron chi connectivity index (χ0n) is 14.6. The molecule has 0 saturated heterocycles. The van der Waals surface area contributed by atoms with Crippen molar-refractivity contribution in [2.75, 3.05) is 20.8 Å². The van der Waals surface area contributed by atoms with Gasteiger partial charge in [0.25, 0.3) is 0 Å². The Morgan fingerprint density at radius 1 is 1.00 bits per heavy atom. The molecule has 1 amide bonds. The van der Waals surface area contributed by atoms with Crippen LogP contribution in [0.3, 0.4) is 0 Å². The highest BCUT2D eigenvalue weighted by molar-refractivity contribution is 5.75. The highest BCUT2D eigenvalue weighted by Crippen LogP contribution is 2.17. The van der Waals surface area contributed by atoms with E-state index < -0.39 is 0 Å². The van der Waals surface area contributed by atoms with E-state index in [1.54, 1.807) is 12.0 Å². The van der Waals surface area contributed by atoms with E-state index in [-0.39, 0.29) is 5.91 Å². The second-order valence-electron chi connectivity index (χ2n) is 5.86. The maximum Gasteiger partial charge on any atom is 0.222 e. The van der Waals surface area contributed by atoms with Gasteiger partial charge >= 0.3 is 0 Å². The number of carbonyl (C=O) groups is 1. The minimum Gasteiger partial charge on any atom is -0.497 e. The molecule has 4 nitrogen and oxygen atoms in total. The Bertz CT molecular complexity index is 635. The van der Waals surface area contributed by atoms with Crippen molar-refractivity contribution in [1.29, 1.82) is 0 Å². The third-order valence-corrected chi connectivity index (χ3v) is 3.83. The van der Waals surface area contributed by atoms with Gasteiger partial charge in [-0.25, -0.2) is 0 Å². The molecule has 0 atom stereocenters. The van der Waals surface area contributed by atoms with Crippen LogP contribution in [0.4, 0.5) is 0 Å². The smallest absolute Gasteiger partial charge is 0.222 e. The van der Waals surface area contributed by atoms with E-state index in [2.05, 4.69) is 31.2 Å². The van der Waals surface area contributed by atoms with Crippen molar-refractivity contribution in [3.63, 3.8) is 0 Å². The maximum absolute atomic E-state index is 12.2. The molecular weight excluding hydrogens is 302 g/mol. The summed E-state index contributed by atoms with van der Waals surface area (Å²) < 4.78 is 10.7. The number of nitrogens with zero attached hydrogens (tertiary/aromatic N) is 1. The second kappa shape index (κ2) is 8.96. The molecule has 0 aliphatic carbocycles. The van der Waals surface area contributed by atoms with Crippen molar-refractivity contribution < 1.29 is 14.3 Å². The lowest BCUT2D eigenvalue weighted by atomic mass is 10.1. The number of amides is 1. The molecular formula is C20H25NO3. The molecule has 0 aliphatic heterocycles. The first-order valence-electron chi connectivity index (χ1n) is 8.15. The van der Waals surface area contributed by atoms with Crippen molar-refractivity contribution in [1.82, 2.24) is 4.90 Å². The zero-order chi connectivity index (χ0) is 17.4. The third-order valence-electron chi connectivity index (χ3n) is 3.83. The normalized spacial score (nSPS) is 10.3. The molecule has 0 spiro atoms. The van der Waals surface area contributed by atoms with E-state index in [1.165, 1.54) is 5.56 Å². The number of hydrogen-bond acceptors (Lipinski definition) is 3. The van der Waals surface area contributed by atoms with Crippen molar-refractivity contribution in [3.05, 3.63) is 59.7 Å². The minimum atomic E-state index is 0.133. The summed E-state index contributed by atoms with van der Waals surface area (Å²) in [5.41, 5.74) is 2.37.